The van der Waals surface area contributed by atoms with Crippen molar-refractivity contribution in [1.29, 1.82) is 0 Å². The standard InChI is InChI=1S/C18H23FN2O/c1-21-7-2-3-14(21)10-16-15-9-13(19)4-5-17(15)20-18(16)12-6-8-22-11-12/h4-5,9,12,14,20H,2-3,6-8,10-11H2,1H3/t12-,14-/m1/s1/i1D3. The van der Waals surface area contributed by atoms with E-state index in [1.807, 2.05) is 0 Å². The fraction of sp³-hybridized carbons (Fsp3) is 0.556. The highest BCUT2D eigenvalue weighted by Gasteiger charge is 2.28. The molecule has 2 aliphatic rings. The molecule has 22 heavy (non-hydrogen) atoms. The van der Waals surface area contributed by atoms with Gasteiger partial charge in [-0.2, -0.15) is 0 Å². The molecule has 2 saturated heterocycles. The Bertz CT molecular complexity index is 768. The van der Waals surface area contributed by atoms with Crippen LogP contribution in [-0.4, -0.2) is 42.7 Å². The molecular formula is C18H23FN2O. The number of hydrogen-bond acceptors (Lipinski definition) is 2. The first-order valence-corrected chi connectivity index (χ1v) is 8.08. The SMILES string of the molecule is [2H]C([2H])([2H])N1CCC[C@@H]1Cc1c([C@@H]2CCOC2)[nH]c2ccc(F)cc12. The molecular weight excluding hydrogens is 279 g/mol. The van der Waals surface area contributed by atoms with Gasteiger partial charge in [-0.3, -0.25) is 0 Å². The minimum absolute atomic E-state index is 0.0316. The molecule has 4 rings (SSSR count). The van der Waals surface area contributed by atoms with E-state index in [0.717, 1.165) is 48.0 Å². The first-order chi connectivity index (χ1) is 11.9. The lowest BCUT2D eigenvalue weighted by Gasteiger charge is -2.20. The van der Waals surface area contributed by atoms with Gasteiger partial charge in [-0.15, -0.1) is 0 Å². The van der Waals surface area contributed by atoms with Crippen molar-refractivity contribution in [2.75, 3.05) is 26.7 Å². The highest BCUT2D eigenvalue weighted by Crippen LogP contribution is 2.35. The van der Waals surface area contributed by atoms with E-state index >= 15 is 0 Å². The number of halogens is 1. The Kier molecular flexibility index (Phi) is 2.88. The molecule has 2 fully saturated rings. The maximum atomic E-state index is 13.8. The van der Waals surface area contributed by atoms with Gasteiger partial charge in [0.2, 0.25) is 0 Å². The molecule has 0 unspecified atom stereocenters. The number of benzene rings is 1. The average molecular weight is 305 g/mol. The molecule has 2 aliphatic heterocycles. The van der Waals surface area contributed by atoms with Gasteiger partial charge in [0.1, 0.15) is 5.82 Å². The first kappa shape index (κ1) is 11.2. The van der Waals surface area contributed by atoms with Crippen LogP contribution in [-0.2, 0) is 11.2 Å². The predicted molar refractivity (Wildman–Crippen MR) is 85.8 cm³/mol. The average Bonchev–Trinajstić information content (AvgIpc) is 3.26. The van der Waals surface area contributed by atoms with E-state index in [0.29, 0.717) is 19.6 Å². The van der Waals surface area contributed by atoms with E-state index in [1.54, 1.807) is 17.0 Å². The molecule has 0 saturated carbocycles. The molecule has 2 atom stereocenters. The zero-order valence-electron chi connectivity index (χ0n) is 15.6. The fourth-order valence-electron chi connectivity index (χ4n) is 3.85. The molecule has 2 aromatic rings. The summed E-state index contributed by atoms with van der Waals surface area (Å²) in [6, 6.07) is 4.76. The second kappa shape index (κ2) is 5.67. The Morgan fingerprint density at radius 1 is 1.45 bits per heavy atom. The van der Waals surface area contributed by atoms with Crippen molar-refractivity contribution in [3.8, 4) is 0 Å². The van der Waals surface area contributed by atoms with Crippen LogP contribution in [0.3, 0.4) is 0 Å². The number of nitrogens with one attached hydrogen (secondary N) is 1. The molecule has 0 radical (unpaired) electrons. The van der Waals surface area contributed by atoms with E-state index in [-0.39, 0.29) is 17.8 Å². The predicted octanol–water partition coefficient (Wildman–Crippen LogP) is 3.45. The molecule has 3 heterocycles. The number of aromatic nitrogens is 1. The Labute approximate surface area is 134 Å². The molecule has 1 N–H and O–H groups in total. The van der Waals surface area contributed by atoms with Gasteiger partial charge in [-0.1, -0.05) is 0 Å². The molecule has 0 bridgehead atoms. The summed E-state index contributed by atoms with van der Waals surface area (Å²) in [4.78, 5) is 5.08. The quantitative estimate of drug-likeness (QED) is 0.941. The summed E-state index contributed by atoms with van der Waals surface area (Å²) in [5.41, 5.74) is 3.07. The van der Waals surface area contributed by atoms with Crippen molar-refractivity contribution in [2.24, 2.45) is 0 Å². The smallest absolute Gasteiger partial charge is 0.123 e. The van der Waals surface area contributed by atoms with Crippen LogP contribution >= 0.6 is 0 Å². The zero-order chi connectivity index (χ0) is 17.6. The molecule has 0 aliphatic carbocycles. The second-order valence-electron chi connectivity index (χ2n) is 6.46. The third-order valence-corrected chi connectivity index (χ3v) is 5.06. The molecule has 1 aromatic carbocycles. The van der Waals surface area contributed by atoms with Gasteiger partial charge in [0.15, 0.2) is 0 Å². The lowest BCUT2D eigenvalue weighted by Crippen LogP contribution is -2.27. The van der Waals surface area contributed by atoms with Gasteiger partial charge in [0, 0.05) is 39.3 Å². The van der Waals surface area contributed by atoms with Crippen molar-refractivity contribution in [3.05, 3.63) is 35.3 Å². The summed E-state index contributed by atoms with van der Waals surface area (Å²) < 4.78 is 42.7. The van der Waals surface area contributed by atoms with E-state index in [2.05, 4.69) is 4.98 Å². The van der Waals surface area contributed by atoms with Crippen molar-refractivity contribution >= 4 is 10.9 Å². The van der Waals surface area contributed by atoms with Gasteiger partial charge in [0.25, 0.3) is 0 Å². The summed E-state index contributed by atoms with van der Waals surface area (Å²) in [5, 5.41) is 0.874. The maximum absolute atomic E-state index is 13.8. The maximum Gasteiger partial charge on any atom is 0.123 e. The van der Waals surface area contributed by atoms with Gasteiger partial charge >= 0.3 is 0 Å². The number of likely N-dealkylation sites (tertiary alicyclic amines) is 1. The number of rotatable bonds is 3. The monoisotopic (exact) mass is 305 g/mol. The number of ether oxygens (including phenoxy) is 1. The Hall–Kier alpha value is -1.39. The minimum atomic E-state index is -2.07. The van der Waals surface area contributed by atoms with E-state index in [9.17, 15) is 4.39 Å². The van der Waals surface area contributed by atoms with Crippen molar-refractivity contribution < 1.29 is 13.2 Å². The highest BCUT2D eigenvalue weighted by molar-refractivity contribution is 5.85. The molecule has 3 nitrogen and oxygen atoms in total. The number of aromatic amines is 1. The van der Waals surface area contributed by atoms with Crippen LogP contribution in [0.15, 0.2) is 18.2 Å². The van der Waals surface area contributed by atoms with Crippen LogP contribution in [0, 0.1) is 5.82 Å². The van der Waals surface area contributed by atoms with Crippen LogP contribution in [0.2, 0.25) is 0 Å². The van der Waals surface area contributed by atoms with Crippen LogP contribution in [0.5, 0.6) is 0 Å². The molecule has 118 valence electrons. The normalized spacial score (nSPS) is 28.9. The third kappa shape index (κ3) is 2.44. The second-order valence-corrected chi connectivity index (χ2v) is 6.46. The molecule has 4 heteroatoms. The lowest BCUT2D eigenvalue weighted by atomic mass is 9.94. The van der Waals surface area contributed by atoms with Crippen molar-refractivity contribution in [2.45, 2.75) is 37.6 Å². The Morgan fingerprint density at radius 2 is 2.41 bits per heavy atom. The summed E-state index contributed by atoms with van der Waals surface area (Å²) in [5.74, 6) is 0.00847. The Balaban J connectivity index is 1.74. The zero-order valence-corrected chi connectivity index (χ0v) is 12.6. The van der Waals surface area contributed by atoms with Crippen molar-refractivity contribution in [1.82, 2.24) is 9.88 Å². The lowest BCUT2D eigenvalue weighted by molar-refractivity contribution is 0.193. The fourth-order valence-corrected chi connectivity index (χ4v) is 3.85. The summed E-state index contributed by atoms with van der Waals surface area (Å²) in [7, 11) is 0. The van der Waals surface area contributed by atoms with Gasteiger partial charge in [0.05, 0.1) is 6.61 Å². The minimum Gasteiger partial charge on any atom is -0.381 e. The summed E-state index contributed by atoms with van der Waals surface area (Å²) >= 11 is 0. The highest BCUT2D eigenvalue weighted by atomic mass is 19.1. The topological polar surface area (TPSA) is 28.3 Å². The first-order valence-electron chi connectivity index (χ1n) is 9.58. The van der Waals surface area contributed by atoms with Crippen LogP contribution in [0.1, 0.15) is 40.6 Å². The van der Waals surface area contributed by atoms with Crippen LogP contribution in [0.4, 0.5) is 4.39 Å². The van der Waals surface area contributed by atoms with Gasteiger partial charge in [-0.25, -0.2) is 4.39 Å². The number of nitrogens with zero attached hydrogens (tertiary/aromatic N) is 1. The molecule has 0 amide bonds. The summed E-state index contributed by atoms with van der Waals surface area (Å²) in [6.07, 6.45) is 3.33. The largest absolute Gasteiger partial charge is 0.381 e. The number of hydrogen-bond donors (Lipinski definition) is 1. The number of H-pyrrole nitrogens is 1. The van der Waals surface area contributed by atoms with E-state index in [4.69, 9.17) is 8.85 Å². The van der Waals surface area contributed by atoms with Crippen LogP contribution < -0.4 is 0 Å². The van der Waals surface area contributed by atoms with Crippen LogP contribution in [0.25, 0.3) is 10.9 Å². The molecule has 0 spiro atoms. The third-order valence-electron chi connectivity index (χ3n) is 5.06. The van der Waals surface area contributed by atoms with Crippen molar-refractivity contribution in [3.63, 3.8) is 0 Å². The van der Waals surface area contributed by atoms with Gasteiger partial charge < -0.3 is 14.6 Å². The summed E-state index contributed by atoms with van der Waals surface area (Å²) in [6.45, 7) is -0.0798. The van der Waals surface area contributed by atoms with E-state index in [1.165, 1.54) is 6.07 Å². The van der Waals surface area contributed by atoms with E-state index < -0.39 is 6.98 Å². The number of fused-ring (bicyclic) bond motifs is 1. The molecule has 1 aromatic heterocycles. The number of likely N-dealkylation sites (N-methyl/N-ethyl adjacent to an activating group) is 1. The Morgan fingerprint density at radius 3 is 3.23 bits per heavy atom. The van der Waals surface area contributed by atoms with Gasteiger partial charge in [-0.05, 0) is 63.0 Å².